The molecule has 0 N–H and O–H groups in total. The van der Waals surface area contributed by atoms with Crippen LogP contribution in [0, 0.1) is 20.8 Å². The number of ketones is 1. The van der Waals surface area contributed by atoms with Crippen LogP contribution in [0.3, 0.4) is 0 Å². The molecule has 0 atom stereocenters. The van der Waals surface area contributed by atoms with Crippen LogP contribution in [0.4, 0.5) is 0 Å². The number of carbonyl (C=O) groups excluding carboxylic acids is 2. The van der Waals surface area contributed by atoms with Gasteiger partial charge in [0.1, 0.15) is 19.0 Å². The van der Waals surface area contributed by atoms with Gasteiger partial charge in [0, 0.05) is 23.0 Å². The molecule has 0 fully saturated rings. The van der Waals surface area contributed by atoms with Crippen molar-refractivity contribution in [1.29, 1.82) is 0 Å². The van der Waals surface area contributed by atoms with E-state index in [-0.39, 0.29) is 16.4 Å². The summed E-state index contributed by atoms with van der Waals surface area (Å²) in [5.41, 5.74) is 2.13. The topological polar surface area (TPSA) is 92.8 Å². The molecular weight excluding hydrogens is 412 g/mol. The van der Waals surface area contributed by atoms with Crippen molar-refractivity contribution < 1.29 is 28.3 Å². The van der Waals surface area contributed by atoms with Gasteiger partial charge in [0.2, 0.25) is 5.78 Å². The number of rotatable bonds is 5. The first-order valence-electron chi connectivity index (χ1n) is 9.27. The van der Waals surface area contributed by atoms with E-state index in [4.69, 9.17) is 30.3 Å². The van der Waals surface area contributed by atoms with Crippen molar-refractivity contribution in [2.75, 3.05) is 19.8 Å². The Labute approximate surface area is 177 Å². The monoisotopic (exact) mass is 430 g/mol. The third-order valence-corrected chi connectivity index (χ3v) is 5.02. The third-order valence-electron chi connectivity index (χ3n) is 4.74. The molecule has 9 heteroatoms. The van der Waals surface area contributed by atoms with Crippen LogP contribution >= 0.6 is 11.6 Å². The highest BCUT2D eigenvalue weighted by atomic mass is 35.5. The third kappa shape index (κ3) is 3.66. The highest BCUT2D eigenvalue weighted by Gasteiger charge is 2.22. The average Bonchev–Trinajstić information content (AvgIpc) is 3.27. The fraction of sp³-hybridized carbons (Fsp3) is 0.286. The van der Waals surface area contributed by atoms with E-state index in [0.717, 1.165) is 5.69 Å². The zero-order valence-corrected chi connectivity index (χ0v) is 17.4. The van der Waals surface area contributed by atoms with E-state index in [2.05, 4.69) is 5.16 Å². The van der Waals surface area contributed by atoms with Crippen molar-refractivity contribution in [3.05, 3.63) is 57.6 Å². The molecule has 0 unspecified atom stereocenters. The molecule has 30 heavy (non-hydrogen) atoms. The summed E-state index contributed by atoms with van der Waals surface area (Å²) in [6.45, 7) is 5.79. The number of hydrogen-bond acceptors (Lipinski definition) is 7. The normalized spacial score (nSPS) is 12.7. The molecule has 0 radical (unpaired) electrons. The van der Waals surface area contributed by atoms with Crippen molar-refractivity contribution in [1.82, 2.24) is 9.72 Å². The maximum absolute atomic E-state index is 12.7. The van der Waals surface area contributed by atoms with Crippen molar-refractivity contribution in [3.8, 4) is 17.3 Å². The fourth-order valence-corrected chi connectivity index (χ4v) is 3.64. The van der Waals surface area contributed by atoms with E-state index in [1.54, 1.807) is 26.0 Å². The van der Waals surface area contributed by atoms with Gasteiger partial charge in [-0.25, -0.2) is 4.79 Å². The molecule has 8 nitrogen and oxygen atoms in total. The minimum absolute atomic E-state index is 0.181. The smallest absolute Gasteiger partial charge is 0.338 e. The zero-order valence-electron chi connectivity index (χ0n) is 16.7. The van der Waals surface area contributed by atoms with Crippen molar-refractivity contribution in [2.45, 2.75) is 20.8 Å². The largest absolute Gasteiger partial charge is 0.486 e. The van der Waals surface area contributed by atoms with Crippen LogP contribution in [0.15, 0.2) is 28.8 Å². The minimum Gasteiger partial charge on any atom is -0.486 e. The summed E-state index contributed by atoms with van der Waals surface area (Å²) < 4.78 is 23.0. The summed E-state index contributed by atoms with van der Waals surface area (Å²) >= 11 is 6.15. The number of fused-ring (bicyclic) bond motifs is 1. The lowest BCUT2D eigenvalue weighted by Crippen LogP contribution is -2.18. The first kappa shape index (κ1) is 20.0. The second kappa shape index (κ2) is 7.87. The summed E-state index contributed by atoms with van der Waals surface area (Å²) in [4.78, 5) is 25.1. The van der Waals surface area contributed by atoms with E-state index in [1.807, 2.05) is 11.5 Å². The van der Waals surface area contributed by atoms with Gasteiger partial charge < -0.3 is 18.7 Å². The standard InChI is InChI=1S/C21H19ClN2O6/c1-11-6-15(13(3)24(11)19-7-12(2)30-23-19)17(25)10-29-21(26)14-8-16(22)20-18(9-14)27-4-5-28-20/h6-9H,4-5,10H2,1-3H3. The van der Waals surface area contributed by atoms with Gasteiger partial charge in [-0.05, 0) is 39.0 Å². The maximum Gasteiger partial charge on any atom is 0.338 e. The number of Topliss-reactive ketones (excluding diaryl/α,β-unsaturated/α-hetero) is 1. The molecule has 0 spiro atoms. The fourth-order valence-electron chi connectivity index (χ4n) is 3.38. The van der Waals surface area contributed by atoms with Crippen LogP contribution in [-0.4, -0.2) is 41.3 Å². The van der Waals surface area contributed by atoms with Gasteiger partial charge in [-0.2, -0.15) is 0 Å². The molecule has 1 aliphatic heterocycles. The van der Waals surface area contributed by atoms with Crippen molar-refractivity contribution in [2.24, 2.45) is 0 Å². The number of ether oxygens (including phenoxy) is 3. The Hall–Kier alpha value is -3.26. The van der Waals surface area contributed by atoms with Gasteiger partial charge in [0.25, 0.3) is 0 Å². The van der Waals surface area contributed by atoms with Gasteiger partial charge in [-0.1, -0.05) is 16.8 Å². The number of benzene rings is 1. The first-order valence-corrected chi connectivity index (χ1v) is 9.65. The highest BCUT2D eigenvalue weighted by molar-refractivity contribution is 6.32. The van der Waals surface area contributed by atoms with Crippen molar-refractivity contribution >= 4 is 23.4 Å². The van der Waals surface area contributed by atoms with Gasteiger partial charge in [0.05, 0.1) is 10.6 Å². The van der Waals surface area contributed by atoms with Crippen LogP contribution < -0.4 is 9.47 Å². The number of esters is 1. The first-order chi connectivity index (χ1) is 14.3. The Kier molecular flexibility index (Phi) is 5.26. The predicted octanol–water partition coefficient (Wildman–Crippen LogP) is 3.85. The molecule has 4 rings (SSSR count). The van der Waals surface area contributed by atoms with Crippen LogP contribution in [0.5, 0.6) is 11.5 Å². The number of aryl methyl sites for hydroxylation is 2. The number of hydrogen-bond donors (Lipinski definition) is 0. The van der Waals surface area contributed by atoms with E-state index in [9.17, 15) is 9.59 Å². The molecule has 3 aromatic rings. The van der Waals surface area contributed by atoms with Crippen LogP contribution in [-0.2, 0) is 4.74 Å². The number of nitrogens with zero attached hydrogens (tertiary/aromatic N) is 2. The van der Waals surface area contributed by atoms with E-state index >= 15 is 0 Å². The Morgan fingerprint density at radius 1 is 1.13 bits per heavy atom. The Morgan fingerprint density at radius 2 is 1.90 bits per heavy atom. The lowest BCUT2D eigenvalue weighted by atomic mass is 10.1. The molecule has 0 saturated carbocycles. The Bertz CT molecular complexity index is 1150. The molecule has 3 heterocycles. The molecular formula is C21H19ClN2O6. The lowest BCUT2D eigenvalue weighted by molar-refractivity contribution is 0.0473. The van der Waals surface area contributed by atoms with E-state index in [1.165, 1.54) is 12.1 Å². The quantitative estimate of drug-likeness (QED) is 0.448. The number of halogens is 1. The van der Waals surface area contributed by atoms with Crippen LogP contribution in [0.25, 0.3) is 5.82 Å². The molecule has 2 aromatic heterocycles. The lowest BCUT2D eigenvalue weighted by Gasteiger charge is -2.19. The molecule has 0 bridgehead atoms. The number of aromatic nitrogens is 2. The van der Waals surface area contributed by atoms with Gasteiger partial charge in [-0.15, -0.1) is 0 Å². The van der Waals surface area contributed by atoms with E-state index in [0.29, 0.717) is 47.5 Å². The summed E-state index contributed by atoms with van der Waals surface area (Å²) in [5, 5.41) is 4.24. The van der Waals surface area contributed by atoms with Crippen LogP contribution in [0.1, 0.15) is 37.9 Å². The Morgan fingerprint density at radius 3 is 2.63 bits per heavy atom. The maximum atomic E-state index is 12.7. The molecule has 0 aliphatic carbocycles. The van der Waals surface area contributed by atoms with Gasteiger partial charge in [0.15, 0.2) is 23.9 Å². The zero-order chi connectivity index (χ0) is 21.4. The summed E-state index contributed by atoms with van der Waals surface area (Å²) in [6.07, 6.45) is 0. The molecule has 0 amide bonds. The second-order valence-corrected chi connectivity index (χ2v) is 7.30. The van der Waals surface area contributed by atoms with Crippen molar-refractivity contribution in [3.63, 3.8) is 0 Å². The summed E-state index contributed by atoms with van der Waals surface area (Å²) in [7, 11) is 0. The molecule has 1 aromatic carbocycles. The molecule has 156 valence electrons. The van der Waals surface area contributed by atoms with Gasteiger partial charge >= 0.3 is 5.97 Å². The van der Waals surface area contributed by atoms with E-state index < -0.39 is 12.6 Å². The Balaban J connectivity index is 1.49. The summed E-state index contributed by atoms with van der Waals surface area (Å²) in [5.74, 6) is 1.01. The predicted molar refractivity (Wildman–Crippen MR) is 107 cm³/mol. The average molecular weight is 431 g/mol. The minimum atomic E-state index is -0.678. The highest BCUT2D eigenvalue weighted by Crippen LogP contribution is 2.38. The summed E-state index contributed by atoms with van der Waals surface area (Å²) in [6, 6.07) is 6.43. The second-order valence-electron chi connectivity index (χ2n) is 6.90. The SMILES string of the molecule is Cc1cc(-n2c(C)cc(C(=O)COC(=O)c3cc(Cl)c4c(c3)OCCO4)c2C)no1. The molecule has 1 aliphatic rings. The number of carbonyl (C=O) groups is 2. The molecule has 0 saturated heterocycles. The van der Waals surface area contributed by atoms with Gasteiger partial charge in [-0.3, -0.25) is 9.36 Å². The van der Waals surface area contributed by atoms with Crippen LogP contribution in [0.2, 0.25) is 5.02 Å².